The third-order valence-electron chi connectivity index (χ3n) is 5.69. The Morgan fingerprint density at radius 3 is 2.79 bits per heavy atom. The molecule has 0 radical (unpaired) electrons. The summed E-state index contributed by atoms with van der Waals surface area (Å²) in [5, 5.41) is 10.6. The molecular formula is C21H20F4N8O. The predicted molar refractivity (Wildman–Crippen MR) is 114 cm³/mol. The van der Waals surface area contributed by atoms with Crippen LogP contribution in [0.4, 0.5) is 29.5 Å². The van der Waals surface area contributed by atoms with Crippen LogP contribution in [0.2, 0.25) is 0 Å². The van der Waals surface area contributed by atoms with Gasteiger partial charge >= 0.3 is 6.18 Å². The van der Waals surface area contributed by atoms with Crippen molar-refractivity contribution >= 4 is 17.7 Å². The summed E-state index contributed by atoms with van der Waals surface area (Å²) in [6.07, 6.45) is -1.48. The Hall–Kier alpha value is -3.74. The minimum absolute atomic E-state index is 0.00110. The quantitative estimate of drug-likeness (QED) is 0.363. The monoisotopic (exact) mass is 476 g/mol. The van der Waals surface area contributed by atoms with Crippen molar-refractivity contribution in [2.75, 3.05) is 17.6 Å². The van der Waals surface area contributed by atoms with E-state index in [-0.39, 0.29) is 41.5 Å². The van der Waals surface area contributed by atoms with E-state index < -0.39 is 23.6 Å². The smallest absolute Gasteiger partial charge is 0.416 e. The third-order valence-corrected chi connectivity index (χ3v) is 5.69. The lowest BCUT2D eigenvalue weighted by molar-refractivity contribution is -0.137. The largest absolute Gasteiger partial charge is 0.461 e. The number of anilines is 2. The molecule has 2 atom stereocenters. The molecular weight excluding hydrogens is 456 g/mol. The van der Waals surface area contributed by atoms with E-state index in [9.17, 15) is 17.6 Å². The number of nitrogens with two attached hydrogens (primary N) is 1. The number of hydrogen-bond donors (Lipinski definition) is 3. The van der Waals surface area contributed by atoms with Crippen LogP contribution in [-0.2, 0) is 12.6 Å². The van der Waals surface area contributed by atoms with Crippen LogP contribution in [0.1, 0.15) is 24.0 Å². The topological polar surface area (TPSA) is 119 Å². The number of nitrogen functional groups attached to an aromatic ring is 1. The van der Waals surface area contributed by atoms with Gasteiger partial charge in [0.15, 0.2) is 5.76 Å². The average molecular weight is 476 g/mol. The maximum absolute atomic E-state index is 14.5. The first-order valence-electron chi connectivity index (χ1n) is 10.6. The van der Waals surface area contributed by atoms with Gasteiger partial charge in [-0.3, -0.25) is 0 Å². The first kappa shape index (κ1) is 22.1. The van der Waals surface area contributed by atoms with Gasteiger partial charge in [0.1, 0.15) is 5.82 Å². The van der Waals surface area contributed by atoms with Crippen LogP contribution in [0, 0.1) is 5.82 Å². The highest BCUT2D eigenvalue weighted by atomic mass is 19.4. The number of nitrogens with one attached hydrogen (secondary N) is 2. The van der Waals surface area contributed by atoms with Gasteiger partial charge in [0, 0.05) is 12.1 Å². The second-order valence-corrected chi connectivity index (χ2v) is 7.99. The SMILES string of the molecule is Nc1nc(NC(Cc2cc(C(F)(F)F)ccc2F)C2CCCN2)nc2nc(-c3ccco3)nn12. The molecule has 1 fully saturated rings. The van der Waals surface area contributed by atoms with Crippen molar-refractivity contribution in [3.8, 4) is 11.6 Å². The van der Waals surface area contributed by atoms with Gasteiger partial charge in [-0.05, 0) is 61.7 Å². The van der Waals surface area contributed by atoms with Crippen molar-refractivity contribution in [1.29, 1.82) is 0 Å². The predicted octanol–water partition coefficient (Wildman–Crippen LogP) is 3.29. The second kappa shape index (κ2) is 8.56. The van der Waals surface area contributed by atoms with Gasteiger partial charge < -0.3 is 20.8 Å². The summed E-state index contributed by atoms with van der Waals surface area (Å²) in [4.78, 5) is 12.9. The highest BCUT2D eigenvalue weighted by Crippen LogP contribution is 2.31. The number of benzene rings is 1. The number of nitrogens with zero attached hydrogens (tertiary/aromatic N) is 5. The van der Waals surface area contributed by atoms with Crippen molar-refractivity contribution in [2.24, 2.45) is 0 Å². The lowest BCUT2D eigenvalue weighted by atomic mass is 9.96. The van der Waals surface area contributed by atoms with E-state index in [1.54, 1.807) is 12.1 Å². The molecule has 1 aliphatic rings. The summed E-state index contributed by atoms with van der Waals surface area (Å²) in [5.74, 6) is 0.241. The molecule has 4 heterocycles. The molecule has 4 N–H and O–H groups in total. The van der Waals surface area contributed by atoms with E-state index in [0.717, 1.165) is 37.6 Å². The summed E-state index contributed by atoms with van der Waals surface area (Å²) in [6.45, 7) is 0.743. The fraction of sp³-hybridized carbons (Fsp3) is 0.333. The Labute approximate surface area is 190 Å². The molecule has 4 aromatic rings. The average Bonchev–Trinajstić information content (AvgIpc) is 3.55. The number of rotatable bonds is 6. The Morgan fingerprint density at radius 2 is 2.09 bits per heavy atom. The van der Waals surface area contributed by atoms with Crippen LogP contribution < -0.4 is 16.4 Å². The molecule has 178 valence electrons. The van der Waals surface area contributed by atoms with Gasteiger partial charge in [0.05, 0.1) is 11.8 Å². The van der Waals surface area contributed by atoms with E-state index >= 15 is 0 Å². The zero-order valence-corrected chi connectivity index (χ0v) is 17.7. The Balaban J connectivity index is 1.46. The minimum Gasteiger partial charge on any atom is -0.461 e. The zero-order chi connectivity index (χ0) is 23.9. The first-order chi connectivity index (χ1) is 16.3. The normalized spacial score (nSPS) is 17.4. The number of halogens is 4. The fourth-order valence-electron chi connectivity index (χ4n) is 4.04. The molecule has 9 nitrogen and oxygen atoms in total. The van der Waals surface area contributed by atoms with Crippen LogP contribution >= 0.6 is 0 Å². The molecule has 5 rings (SSSR count). The molecule has 0 aliphatic carbocycles. The Bertz CT molecular complexity index is 1300. The molecule has 1 aromatic carbocycles. The first-order valence-corrected chi connectivity index (χ1v) is 10.6. The summed E-state index contributed by atoms with van der Waals surface area (Å²) < 4.78 is 60.5. The molecule has 3 aromatic heterocycles. The van der Waals surface area contributed by atoms with E-state index in [4.69, 9.17) is 10.2 Å². The van der Waals surface area contributed by atoms with Crippen molar-refractivity contribution < 1.29 is 22.0 Å². The molecule has 1 saturated heterocycles. The van der Waals surface area contributed by atoms with Crippen molar-refractivity contribution in [3.63, 3.8) is 0 Å². The van der Waals surface area contributed by atoms with Crippen molar-refractivity contribution in [3.05, 3.63) is 53.5 Å². The molecule has 0 spiro atoms. The highest BCUT2D eigenvalue weighted by Gasteiger charge is 2.32. The maximum atomic E-state index is 14.5. The van der Waals surface area contributed by atoms with Gasteiger partial charge in [0.25, 0.3) is 5.78 Å². The van der Waals surface area contributed by atoms with E-state index in [1.165, 1.54) is 10.8 Å². The Kier molecular flexibility index (Phi) is 5.55. The fourth-order valence-corrected chi connectivity index (χ4v) is 4.04. The number of hydrogen-bond acceptors (Lipinski definition) is 8. The van der Waals surface area contributed by atoms with Gasteiger partial charge in [-0.15, -0.1) is 5.10 Å². The molecule has 13 heteroatoms. The number of aromatic nitrogens is 5. The van der Waals surface area contributed by atoms with Crippen LogP contribution in [0.25, 0.3) is 17.4 Å². The van der Waals surface area contributed by atoms with Gasteiger partial charge in [0.2, 0.25) is 17.7 Å². The molecule has 0 amide bonds. The van der Waals surface area contributed by atoms with E-state index in [1.807, 2.05) is 0 Å². The van der Waals surface area contributed by atoms with Crippen LogP contribution in [0.15, 0.2) is 41.0 Å². The van der Waals surface area contributed by atoms with Gasteiger partial charge in [-0.2, -0.15) is 32.6 Å². The van der Waals surface area contributed by atoms with E-state index in [0.29, 0.717) is 5.76 Å². The Morgan fingerprint density at radius 1 is 1.24 bits per heavy atom. The molecule has 0 saturated carbocycles. The summed E-state index contributed by atoms with van der Waals surface area (Å²) in [6, 6.07) is 5.14. The van der Waals surface area contributed by atoms with Crippen molar-refractivity contribution in [2.45, 2.75) is 37.5 Å². The lowest BCUT2D eigenvalue weighted by Crippen LogP contribution is -2.42. The van der Waals surface area contributed by atoms with Crippen LogP contribution in [-0.4, -0.2) is 43.2 Å². The van der Waals surface area contributed by atoms with Crippen molar-refractivity contribution in [1.82, 2.24) is 29.9 Å². The third kappa shape index (κ3) is 4.38. The zero-order valence-electron chi connectivity index (χ0n) is 17.7. The van der Waals surface area contributed by atoms with E-state index in [2.05, 4.69) is 30.7 Å². The standard InChI is InChI=1S/C21H20F4N8O/c22-13-6-5-12(21(23,24)25)9-11(13)10-15(14-3-1-7-27-14)28-19-30-18(26)33-20(31-19)29-17(32-33)16-4-2-8-34-16/h2,4-6,8-9,14-15,27H,1,3,7,10H2,(H3,26,28,29,30,31,32). The minimum atomic E-state index is -4.57. The molecule has 2 unspecified atom stereocenters. The van der Waals surface area contributed by atoms with Gasteiger partial charge in [-0.1, -0.05) is 0 Å². The highest BCUT2D eigenvalue weighted by molar-refractivity contribution is 5.53. The number of fused-ring (bicyclic) bond motifs is 1. The summed E-state index contributed by atoms with van der Waals surface area (Å²) in [7, 11) is 0. The second-order valence-electron chi connectivity index (χ2n) is 7.99. The molecule has 1 aliphatic heterocycles. The molecule has 0 bridgehead atoms. The maximum Gasteiger partial charge on any atom is 0.416 e. The number of alkyl halides is 3. The lowest BCUT2D eigenvalue weighted by Gasteiger charge is -2.25. The summed E-state index contributed by atoms with van der Waals surface area (Å²) in [5.41, 5.74) is 5.07. The molecule has 34 heavy (non-hydrogen) atoms. The van der Waals surface area contributed by atoms with Gasteiger partial charge in [-0.25, -0.2) is 4.39 Å². The summed E-state index contributed by atoms with van der Waals surface area (Å²) >= 11 is 0. The number of furan rings is 1. The van der Waals surface area contributed by atoms with Crippen LogP contribution in [0.5, 0.6) is 0 Å². The van der Waals surface area contributed by atoms with Crippen LogP contribution in [0.3, 0.4) is 0 Å².